The van der Waals surface area contributed by atoms with Gasteiger partial charge in [-0.25, -0.2) is 0 Å². The van der Waals surface area contributed by atoms with E-state index in [0.717, 1.165) is 0 Å². The van der Waals surface area contributed by atoms with Crippen LogP contribution in [0, 0.1) is 0 Å². The summed E-state index contributed by atoms with van der Waals surface area (Å²) in [6.45, 7) is 0. The van der Waals surface area contributed by atoms with Gasteiger partial charge in [-0.1, -0.05) is 12.2 Å². The van der Waals surface area contributed by atoms with E-state index in [4.69, 9.17) is 0 Å². The van der Waals surface area contributed by atoms with Gasteiger partial charge in [-0.15, -0.1) is 11.8 Å². The van der Waals surface area contributed by atoms with Crippen molar-refractivity contribution in [2.75, 3.05) is 5.75 Å². The Kier molecular flexibility index (Phi) is 1.55. The first-order valence-electron chi connectivity index (χ1n) is 3.37. The van der Waals surface area contributed by atoms with E-state index in [0.29, 0.717) is 6.04 Å². The zero-order valence-electron chi connectivity index (χ0n) is 5.60. The van der Waals surface area contributed by atoms with Gasteiger partial charge in [0.25, 0.3) is 0 Å². The lowest BCUT2D eigenvalue weighted by atomic mass is 10.2. The topological polar surface area (TPSA) is 3.24 Å². The van der Waals surface area contributed by atoms with E-state index in [1.807, 2.05) is 11.8 Å². The fraction of sp³-hybridized carbons (Fsp3) is 0.250. The summed E-state index contributed by atoms with van der Waals surface area (Å²) < 4.78 is 0. The highest BCUT2D eigenvalue weighted by atomic mass is 32.2. The van der Waals surface area contributed by atoms with Gasteiger partial charge in [0, 0.05) is 18.2 Å². The molecule has 52 valence electrons. The summed E-state index contributed by atoms with van der Waals surface area (Å²) in [5.74, 6) is 1.18. The van der Waals surface area contributed by atoms with E-state index in [1.54, 1.807) is 0 Å². The molecule has 0 bridgehead atoms. The third-order valence-corrected chi connectivity index (χ3v) is 2.53. The molecule has 2 heteroatoms. The Hall–Kier alpha value is -0.630. The summed E-state index contributed by atoms with van der Waals surface area (Å²) in [7, 11) is 0. The summed E-state index contributed by atoms with van der Waals surface area (Å²) in [5.41, 5.74) is 0. The minimum atomic E-state index is 0.597. The van der Waals surface area contributed by atoms with Crippen molar-refractivity contribution in [2.24, 2.45) is 0 Å². The molecule has 0 saturated carbocycles. The molecular formula is C8H9NS. The lowest BCUT2D eigenvalue weighted by molar-refractivity contribution is 0.450. The summed E-state index contributed by atoms with van der Waals surface area (Å²) in [6.07, 6.45) is 10.6. The van der Waals surface area contributed by atoms with E-state index >= 15 is 0 Å². The fourth-order valence-electron chi connectivity index (χ4n) is 1.12. The molecule has 0 N–H and O–H groups in total. The van der Waals surface area contributed by atoms with Crippen molar-refractivity contribution in [3.05, 3.63) is 36.0 Å². The molecule has 0 amide bonds. The zero-order valence-corrected chi connectivity index (χ0v) is 6.42. The molecule has 2 rings (SSSR count). The highest BCUT2D eigenvalue weighted by molar-refractivity contribution is 8.02. The first-order chi connectivity index (χ1) is 4.97. The highest BCUT2D eigenvalue weighted by Crippen LogP contribution is 2.20. The molecule has 2 aliphatic heterocycles. The predicted octanol–water partition coefficient (Wildman–Crippen LogP) is 1.96. The van der Waals surface area contributed by atoms with Crippen molar-refractivity contribution in [1.82, 2.24) is 4.90 Å². The van der Waals surface area contributed by atoms with Crippen LogP contribution in [0.5, 0.6) is 0 Å². The van der Waals surface area contributed by atoms with Crippen LogP contribution in [0.3, 0.4) is 0 Å². The summed E-state index contributed by atoms with van der Waals surface area (Å²) in [6, 6.07) is 0.597. The molecule has 0 aromatic heterocycles. The molecule has 2 heterocycles. The third kappa shape index (κ3) is 0.991. The Bertz CT molecular complexity index is 205. The van der Waals surface area contributed by atoms with Crippen molar-refractivity contribution in [1.29, 1.82) is 0 Å². The molecule has 0 aliphatic carbocycles. The van der Waals surface area contributed by atoms with Crippen LogP contribution in [0.25, 0.3) is 0 Å². The molecule has 0 fully saturated rings. The van der Waals surface area contributed by atoms with E-state index in [1.165, 1.54) is 5.75 Å². The molecule has 1 atom stereocenters. The van der Waals surface area contributed by atoms with E-state index in [9.17, 15) is 0 Å². The zero-order chi connectivity index (χ0) is 6.81. The smallest absolute Gasteiger partial charge is 0.0607 e. The third-order valence-electron chi connectivity index (χ3n) is 1.68. The average Bonchev–Trinajstić information content (AvgIpc) is 2.05. The van der Waals surface area contributed by atoms with Crippen molar-refractivity contribution < 1.29 is 0 Å². The number of thioether (sulfide) groups is 1. The number of fused-ring (bicyclic) bond motifs is 1. The van der Waals surface area contributed by atoms with Crippen molar-refractivity contribution in [2.45, 2.75) is 6.04 Å². The Morgan fingerprint density at radius 2 is 2.30 bits per heavy atom. The van der Waals surface area contributed by atoms with Gasteiger partial charge >= 0.3 is 0 Å². The largest absolute Gasteiger partial charge is 0.346 e. The lowest BCUT2D eigenvalue weighted by Gasteiger charge is -2.29. The van der Waals surface area contributed by atoms with E-state index in [-0.39, 0.29) is 0 Å². The SMILES string of the molecule is C1=CC2CSC=CN2C=C1. The van der Waals surface area contributed by atoms with Crippen LogP contribution in [0.15, 0.2) is 36.0 Å². The molecule has 0 aromatic carbocycles. The Morgan fingerprint density at radius 3 is 3.20 bits per heavy atom. The van der Waals surface area contributed by atoms with Crippen molar-refractivity contribution in [3.63, 3.8) is 0 Å². The van der Waals surface area contributed by atoms with Crippen molar-refractivity contribution >= 4 is 11.8 Å². The van der Waals surface area contributed by atoms with Gasteiger partial charge in [-0.2, -0.15) is 0 Å². The quantitative estimate of drug-likeness (QED) is 0.520. The summed E-state index contributed by atoms with van der Waals surface area (Å²) >= 11 is 1.87. The summed E-state index contributed by atoms with van der Waals surface area (Å²) in [5, 5.41) is 2.14. The van der Waals surface area contributed by atoms with Crippen LogP contribution in [0.1, 0.15) is 0 Å². The second-order valence-corrected chi connectivity index (χ2v) is 3.30. The van der Waals surface area contributed by atoms with Gasteiger partial charge in [-0.3, -0.25) is 0 Å². The van der Waals surface area contributed by atoms with Gasteiger partial charge in [0.2, 0.25) is 0 Å². The van der Waals surface area contributed by atoms with Gasteiger partial charge < -0.3 is 4.90 Å². The van der Waals surface area contributed by atoms with Crippen LogP contribution in [0.2, 0.25) is 0 Å². The second kappa shape index (κ2) is 2.54. The number of rotatable bonds is 0. The molecule has 2 aliphatic rings. The normalized spacial score (nSPS) is 28.8. The predicted molar refractivity (Wildman–Crippen MR) is 45.5 cm³/mol. The molecule has 0 aromatic rings. The van der Waals surface area contributed by atoms with Crippen LogP contribution < -0.4 is 0 Å². The standard InChI is InChI=1S/C8H9NS/c1-2-4-9-5-6-10-7-8(9)3-1/h1-6,8H,7H2. The van der Waals surface area contributed by atoms with Crippen LogP contribution in [-0.4, -0.2) is 16.7 Å². The first-order valence-corrected chi connectivity index (χ1v) is 4.42. The lowest BCUT2D eigenvalue weighted by Crippen LogP contribution is -2.29. The molecule has 0 saturated heterocycles. The number of allylic oxidation sites excluding steroid dienone is 2. The Morgan fingerprint density at radius 1 is 1.30 bits per heavy atom. The van der Waals surface area contributed by atoms with Gasteiger partial charge in [-0.05, 0) is 11.5 Å². The number of hydrogen-bond donors (Lipinski definition) is 0. The Labute approximate surface area is 65.1 Å². The van der Waals surface area contributed by atoms with E-state index < -0.39 is 0 Å². The maximum absolute atomic E-state index is 2.23. The van der Waals surface area contributed by atoms with Gasteiger partial charge in [0.15, 0.2) is 0 Å². The average molecular weight is 151 g/mol. The monoisotopic (exact) mass is 151 g/mol. The Balaban J connectivity index is 2.21. The van der Waals surface area contributed by atoms with Crippen LogP contribution in [0.4, 0.5) is 0 Å². The molecule has 1 nitrogen and oxygen atoms in total. The maximum Gasteiger partial charge on any atom is 0.0607 e. The van der Waals surface area contributed by atoms with Gasteiger partial charge in [0.05, 0.1) is 6.04 Å². The molecule has 0 radical (unpaired) electrons. The highest BCUT2D eigenvalue weighted by Gasteiger charge is 2.14. The minimum absolute atomic E-state index is 0.597. The number of nitrogens with zero attached hydrogens (tertiary/aromatic N) is 1. The minimum Gasteiger partial charge on any atom is -0.346 e. The molecule has 1 unspecified atom stereocenters. The van der Waals surface area contributed by atoms with Gasteiger partial charge in [0.1, 0.15) is 0 Å². The molecule has 0 spiro atoms. The number of hydrogen-bond acceptors (Lipinski definition) is 2. The molecule has 10 heavy (non-hydrogen) atoms. The second-order valence-electron chi connectivity index (χ2n) is 2.36. The fourth-order valence-corrected chi connectivity index (χ4v) is 1.94. The first kappa shape index (κ1) is 6.10. The van der Waals surface area contributed by atoms with Crippen LogP contribution >= 0.6 is 11.8 Å². The summed E-state index contributed by atoms with van der Waals surface area (Å²) in [4.78, 5) is 2.23. The van der Waals surface area contributed by atoms with Crippen LogP contribution in [-0.2, 0) is 0 Å². The van der Waals surface area contributed by atoms with Crippen molar-refractivity contribution in [3.8, 4) is 0 Å². The maximum atomic E-state index is 2.23. The van der Waals surface area contributed by atoms with E-state index in [2.05, 4.69) is 40.9 Å². The molecular weight excluding hydrogens is 142 g/mol.